The Morgan fingerprint density at radius 1 is 1.22 bits per heavy atom. The van der Waals surface area contributed by atoms with Crippen molar-refractivity contribution in [3.05, 3.63) is 35.1 Å². The van der Waals surface area contributed by atoms with Gasteiger partial charge in [-0.2, -0.15) is 0 Å². The number of guanidine groups is 1. The number of likely N-dealkylation sites (N-methyl/N-ethyl adjacent to an activating group) is 1. The molecule has 27 heavy (non-hydrogen) atoms. The van der Waals surface area contributed by atoms with Crippen LogP contribution in [0, 0.1) is 12.7 Å². The number of aliphatic imine (C=N–C) groups is 1. The number of hydrogen-bond acceptors (Lipinski definition) is 3. The van der Waals surface area contributed by atoms with Crippen LogP contribution in [0.15, 0.2) is 23.2 Å². The van der Waals surface area contributed by atoms with Crippen LogP contribution in [-0.2, 0) is 0 Å². The Balaban J connectivity index is 0.00000364. The first-order valence-electron chi connectivity index (χ1n) is 9.64. The van der Waals surface area contributed by atoms with Gasteiger partial charge < -0.3 is 15.5 Å². The molecular weight excluding hydrogens is 456 g/mol. The Bertz CT molecular complexity index is 602. The van der Waals surface area contributed by atoms with Crippen LogP contribution >= 0.6 is 24.0 Å². The minimum atomic E-state index is -0.168. The highest BCUT2D eigenvalue weighted by atomic mass is 127. The third-order valence-electron chi connectivity index (χ3n) is 5.32. The van der Waals surface area contributed by atoms with E-state index in [9.17, 15) is 4.39 Å². The van der Waals surface area contributed by atoms with Gasteiger partial charge in [-0.1, -0.05) is 19.1 Å². The normalized spacial score (nSPS) is 18.5. The molecule has 1 aliphatic heterocycles. The van der Waals surface area contributed by atoms with Gasteiger partial charge in [0.25, 0.3) is 0 Å². The highest BCUT2D eigenvalue weighted by molar-refractivity contribution is 14.0. The molecule has 0 aliphatic carbocycles. The van der Waals surface area contributed by atoms with Crippen LogP contribution in [0.2, 0.25) is 0 Å². The SMILES string of the molecule is CCN1CCN(C(C)CNC(=NC)NC(C)c2ccc(C)c(F)c2)CC1.I. The first-order valence-corrected chi connectivity index (χ1v) is 9.64. The van der Waals surface area contributed by atoms with E-state index in [0.29, 0.717) is 11.6 Å². The molecule has 1 fully saturated rings. The van der Waals surface area contributed by atoms with Crippen LogP contribution < -0.4 is 10.6 Å². The Kier molecular flexibility index (Phi) is 10.5. The van der Waals surface area contributed by atoms with Gasteiger partial charge in [-0.25, -0.2) is 4.39 Å². The van der Waals surface area contributed by atoms with Gasteiger partial charge in [-0.05, 0) is 44.5 Å². The molecule has 1 aromatic rings. The molecule has 2 rings (SSSR count). The number of benzene rings is 1. The summed E-state index contributed by atoms with van der Waals surface area (Å²) in [7, 11) is 1.77. The molecule has 0 spiro atoms. The summed E-state index contributed by atoms with van der Waals surface area (Å²) in [4.78, 5) is 9.31. The molecule has 2 unspecified atom stereocenters. The molecule has 0 bridgehead atoms. The monoisotopic (exact) mass is 491 g/mol. The van der Waals surface area contributed by atoms with E-state index in [0.717, 1.165) is 50.8 Å². The molecule has 1 aromatic carbocycles. The van der Waals surface area contributed by atoms with Gasteiger partial charge >= 0.3 is 0 Å². The molecule has 1 aliphatic rings. The summed E-state index contributed by atoms with van der Waals surface area (Å²) in [5.41, 5.74) is 1.58. The van der Waals surface area contributed by atoms with Crippen molar-refractivity contribution in [1.82, 2.24) is 20.4 Å². The quantitative estimate of drug-likeness (QED) is 0.365. The smallest absolute Gasteiger partial charge is 0.191 e. The summed E-state index contributed by atoms with van der Waals surface area (Å²) < 4.78 is 13.8. The van der Waals surface area contributed by atoms with Crippen LogP contribution in [0.5, 0.6) is 0 Å². The average Bonchev–Trinajstić information content (AvgIpc) is 2.66. The highest BCUT2D eigenvalue weighted by Crippen LogP contribution is 2.16. The van der Waals surface area contributed by atoms with Gasteiger partial charge in [-0.3, -0.25) is 9.89 Å². The van der Waals surface area contributed by atoms with E-state index in [1.807, 2.05) is 19.1 Å². The zero-order valence-electron chi connectivity index (χ0n) is 17.3. The highest BCUT2D eigenvalue weighted by Gasteiger charge is 2.20. The third-order valence-corrected chi connectivity index (χ3v) is 5.32. The fourth-order valence-electron chi connectivity index (χ4n) is 3.26. The first kappa shape index (κ1) is 24.1. The van der Waals surface area contributed by atoms with Crippen LogP contribution in [0.25, 0.3) is 0 Å². The molecule has 1 heterocycles. The van der Waals surface area contributed by atoms with Crippen molar-refractivity contribution in [1.29, 1.82) is 0 Å². The molecule has 1 saturated heterocycles. The van der Waals surface area contributed by atoms with E-state index in [4.69, 9.17) is 0 Å². The largest absolute Gasteiger partial charge is 0.355 e. The fraction of sp³-hybridized carbons (Fsp3) is 0.650. The lowest BCUT2D eigenvalue weighted by atomic mass is 10.1. The second kappa shape index (κ2) is 11.8. The van der Waals surface area contributed by atoms with Gasteiger partial charge in [0.2, 0.25) is 0 Å². The van der Waals surface area contributed by atoms with E-state index in [2.05, 4.69) is 39.3 Å². The molecule has 0 amide bonds. The minimum absolute atomic E-state index is 0. The Morgan fingerprint density at radius 3 is 2.44 bits per heavy atom. The van der Waals surface area contributed by atoms with Crippen LogP contribution in [0.1, 0.15) is 37.9 Å². The van der Waals surface area contributed by atoms with Crippen molar-refractivity contribution in [2.75, 3.05) is 46.3 Å². The molecule has 2 N–H and O–H groups in total. The summed E-state index contributed by atoms with van der Waals surface area (Å²) in [5.74, 6) is 0.580. The second-order valence-electron chi connectivity index (χ2n) is 7.15. The lowest BCUT2D eigenvalue weighted by Crippen LogP contribution is -2.53. The second-order valence-corrected chi connectivity index (χ2v) is 7.15. The molecule has 2 atom stereocenters. The number of rotatable bonds is 6. The lowest BCUT2D eigenvalue weighted by Gasteiger charge is -2.37. The average molecular weight is 491 g/mol. The Morgan fingerprint density at radius 2 is 1.89 bits per heavy atom. The number of nitrogens with zero attached hydrogens (tertiary/aromatic N) is 3. The fourth-order valence-corrected chi connectivity index (χ4v) is 3.26. The Labute approximate surface area is 180 Å². The standard InChI is InChI=1S/C20H34FN5.HI/c1-6-25-9-11-26(12-10-25)16(3)14-23-20(22-5)24-17(4)18-8-7-15(2)19(21)13-18;/h7-8,13,16-17H,6,9-12,14H2,1-5H3,(H2,22,23,24);1H. The molecule has 0 radical (unpaired) electrons. The summed E-state index contributed by atoms with van der Waals surface area (Å²) in [6.45, 7) is 14.7. The van der Waals surface area contributed by atoms with Crippen LogP contribution in [0.4, 0.5) is 4.39 Å². The van der Waals surface area contributed by atoms with E-state index >= 15 is 0 Å². The van der Waals surface area contributed by atoms with E-state index in [1.54, 1.807) is 20.0 Å². The van der Waals surface area contributed by atoms with Crippen molar-refractivity contribution in [2.45, 2.75) is 39.8 Å². The number of piperazine rings is 1. The molecule has 7 heteroatoms. The van der Waals surface area contributed by atoms with Gasteiger partial charge in [0.05, 0.1) is 6.04 Å². The third kappa shape index (κ3) is 7.19. The van der Waals surface area contributed by atoms with E-state index in [1.165, 1.54) is 0 Å². The zero-order chi connectivity index (χ0) is 19.1. The molecule has 0 saturated carbocycles. The minimum Gasteiger partial charge on any atom is -0.355 e. The number of halogens is 2. The Hall–Kier alpha value is -0.930. The first-order chi connectivity index (χ1) is 12.4. The number of aryl methyl sites for hydroxylation is 1. The molecule has 154 valence electrons. The predicted molar refractivity (Wildman–Crippen MR) is 123 cm³/mol. The predicted octanol–water partition coefficient (Wildman–Crippen LogP) is 3.00. The number of nitrogens with one attached hydrogen (secondary N) is 2. The maximum Gasteiger partial charge on any atom is 0.191 e. The maximum absolute atomic E-state index is 13.8. The van der Waals surface area contributed by atoms with Crippen LogP contribution in [0.3, 0.4) is 0 Å². The zero-order valence-corrected chi connectivity index (χ0v) is 19.6. The van der Waals surface area contributed by atoms with Gasteiger partial charge in [-0.15, -0.1) is 24.0 Å². The van der Waals surface area contributed by atoms with Gasteiger partial charge in [0.1, 0.15) is 5.82 Å². The van der Waals surface area contributed by atoms with Crippen molar-refractivity contribution < 1.29 is 4.39 Å². The van der Waals surface area contributed by atoms with E-state index in [-0.39, 0.29) is 35.8 Å². The van der Waals surface area contributed by atoms with E-state index < -0.39 is 0 Å². The van der Waals surface area contributed by atoms with Gasteiger partial charge in [0.15, 0.2) is 5.96 Å². The van der Waals surface area contributed by atoms with Crippen molar-refractivity contribution in [3.63, 3.8) is 0 Å². The number of hydrogen-bond donors (Lipinski definition) is 2. The summed E-state index contributed by atoms with van der Waals surface area (Å²) in [6, 6.07) is 5.80. The molecule has 0 aromatic heterocycles. The van der Waals surface area contributed by atoms with Crippen molar-refractivity contribution in [2.24, 2.45) is 4.99 Å². The molecular formula is C20H35FIN5. The van der Waals surface area contributed by atoms with Gasteiger partial charge in [0, 0.05) is 45.8 Å². The topological polar surface area (TPSA) is 42.9 Å². The van der Waals surface area contributed by atoms with Crippen molar-refractivity contribution in [3.8, 4) is 0 Å². The van der Waals surface area contributed by atoms with Crippen LogP contribution in [-0.4, -0.2) is 68.1 Å². The summed E-state index contributed by atoms with van der Waals surface area (Å²) in [6.07, 6.45) is 0. The summed E-state index contributed by atoms with van der Waals surface area (Å²) in [5, 5.41) is 6.76. The van der Waals surface area contributed by atoms with Crippen molar-refractivity contribution >= 4 is 29.9 Å². The maximum atomic E-state index is 13.8. The lowest BCUT2D eigenvalue weighted by molar-refractivity contribution is 0.107. The molecule has 5 nitrogen and oxygen atoms in total. The summed E-state index contributed by atoms with van der Waals surface area (Å²) >= 11 is 0.